The van der Waals surface area contributed by atoms with Crippen molar-refractivity contribution in [3.05, 3.63) is 113 Å². The molecule has 4 heterocycles. The number of ether oxygens (including phenoxy) is 2. The van der Waals surface area contributed by atoms with E-state index in [2.05, 4.69) is 86.0 Å². The van der Waals surface area contributed by atoms with Crippen LogP contribution in [-0.4, -0.2) is 94.2 Å². The average Bonchev–Trinajstić information content (AvgIpc) is 3.68. The van der Waals surface area contributed by atoms with Gasteiger partial charge in [0.15, 0.2) is 0 Å². The number of nitrogens with zero attached hydrogens (tertiary/aromatic N) is 3. The molecule has 4 aromatic carbocycles. The van der Waals surface area contributed by atoms with Gasteiger partial charge < -0.3 is 39.8 Å². The van der Waals surface area contributed by atoms with Crippen molar-refractivity contribution in [3.8, 4) is 17.2 Å². The average molecular weight is 832 g/mol. The number of piperidine rings is 1. The Hall–Kier alpha value is -5.55. The molecule has 2 atom stereocenters. The van der Waals surface area contributed by atoms with Crippen LogP contribution in [0.4, 0.5) is 11.4 Å². The van der Waals surface area contributed by atoms with Crippen LogP contribution in [0, 0.1) is 5.92 Å². The molecule has 61 heavy (non-hydrogen) atoms. The van der Waals surface area contributed by atoms with Gasteiger partial charge in [0.2, 0.25) is 5.91 Å². The summed E-state index contributed by atoms with van der Waals surface area (Å²) in [7, 11) is 3.31. The summed E-state index contributed by atoms with van der Waals surface area (Å²) in [5.74, 6) is 3.57. The van der Waals surface area contributed by atoms with Gasteiger partial charge in [-0.3, -0.25) is 14.5 Å². The number of piperazine rings is 1. The first kappa shape index (κ1) is 45.0. The summed E-state index contributed by atoms with van der Waals surface area (Å²) in [4.78, 5) is 39.8. The number of methoxy groups -OCH3 is 1. The molecule has 0 spiro atoms. The molecule has 5 aliphatic rings. The van der Waals surface area contributed by atoms with Crippen molar-refractivity contribution in [2.75, 3.05) is 69.8 Å². The van der Waals surface area contributed by atoms with E-state index in [0.29, 0.717) is 50.1 Å². The second-order valence-corrected chi connectivity index (χ2v) is 16.2. The third-order valence-electron chi connectivity index (χ3n) is 12.4. The third kappa shape index (κ3) is 11.8. The number of amides is 2. The second-order valence-electron chi connectivity index (χ2n) is 16.2. The van der Waals surface area contributed by atoms with Crippen LogP contribution in [0.15, 0.2) is 84.9 Å². The van der Waals surface area contributed by atoms with Crippen LogP contribution in [0.5, 0.6) is 17.2 Å². The lowest BCUT2D eigenvalue weighted by Gasteiger charge is -2.47. The Morgan fingerprint density at radius 1 is 0.934 bits per heavy atom. The molecule has 2 saturated heterocycles. The highest BCUT2D eigenvalue weighted by Crippen LogP contribution is 2.39. The van der Waals surface area contributed by atoms with Gasteiger partial charge in [-0.15, -0.1) is 0 Å². The number of aromatic hydroxyl groups is 1. The molecule has 2 fully saturated rings. The van der Waals surface area contributed by atoms with E-state index in [1.807, 2.05) is 32.0 Å². The van der Waals surface area contributed by atoms with Gasteiger partial charge in [0.1, 0.15) is 30.1 Å². The molecule has 9 rings (SSSR count). The maximum atomic E-state index is 12.0. The number of hydrogen-bond acceptors (Lipinski definition) is 9. The van der Waals surface area contributed by atoms with Gasteiger partial charge in [-0.1, -0.05) is 56.3 Å². The first-order chi connectivity index (χ1) is 29.8. The van der Waals surface area contributed by atoms with Crippen LogP contribution in [-0.2, 0) is 29.0 Å². The number of aldehydes is 1. The van der Waals surface area contributed by atoms with E-state index in [4.69, 9.17) is 9.47 Å². The molecule has 326 valence electrons. The Bertz CT molecular complexity index is 2050. The zero-order valence-electron chi connectivity index (χ0n) is 36.5. The van der Waals surface area contributed by atoms with E-state index in [1.54, 1.807) is 20.2 Å². The van der Waals surface area contributed by atoms with Crippen molar-refractivity contribution in [2.45, 2.75) is 83.7 Å². The Kier molecular flexibility index (Phi) is 16.5. The van der Waals surface area contributed by atoms with Crippen LogP contribution in [0.2, 0.25) is 0 Å². The number of aryl methyl sites for hydroxylation is 1. The first-order valence-corrected chi connectivity index (χ1v) is 22.3. The van der Waals surface area contributed by atoms with Crippen molar-refractivity contribution in [1.29, 1.82) is 0 Å². The number of benzene rings is 4. The largest absolute Gasteiger partial charge is 0.508 e. The van der Waals surface area contributed by atoms with E-state index < -0.39 is 0 Å². The van der Waals surface area contributed by atoms with Crippen molar-refractivity contribution < 1.29 is 29.0 Å². The fourth-order valence-corrected chi connectivity index (χ4v) is 9.08. The highest BCUT2D eigenvalue weighted by atomic mass is 16.5. The molecular weight excluding hydrogens is 767 g/mol. The van der Waals surface area contributed by atoms with Crippen LogP contribution in [0.25, 0.3) is 0 Å². The minimum atomic E-state index is -0.00292. The number of phenols is 1. The number of hydrogen-bond donors (Lipinski definition) is 3. The molecule has 0 saturated carbocycles. The predicted octanol–water partition coefficient (Wildman–Crippen LogP) is 7.53. The number of nitrogens with one attached hydrogen (secondary N) is 2. The van der Waals surface area contributed by atoms with Crippen molar-refractivity contribution in [3.63, 3.8) is 0 Å². The summed E-state index contributed by atoms with van der Waals surface area (Å²) < 4.78 is 11.5. The maximum Gasteiger partial charge on any atom is 0.252 e. The molecule has 0 aromatic heterocycles. The van der Waals surface area contributed by atoms with Crippen molar-refractivity contribution in [1.82, 2.24) is 15.5 Å². The molecule has 0 bridgehead atoms. The number of phenolic OH excluding ortho intramolecular Hbond substituents is 1. The standard InChI is InChI=1S/C26H32N4O3.C16H16O.C6H11NO2.C2H6/c1-32-22-4-2-3-20(12-22)29-7-5-18(6-8-29)15-28-9-10-30-21(16-28)17-33-25-13-23-19(11-24(25)30)14-27-26(23)31;17-16-9-8-14-10-13(6-7-15(14)11-16)12-4-2-1-3-5-12;1-7-6(9)4-2-3-5-8;1-2/h2-4,11-13,18,21H,5-10,14-17H2,1H3,(H,27,31);1-5,8-9,11,13,17H,6-7,10H2;5H,2-4H2,1H3,(H,7,9);1-2H3/t;13-;;/m.1../s1. The van der Waals surface area contributed by atoms with Gasteiger partial charge in [0, 0.05) is 83.0 Å². The van der Waals surface area contributed by atoms with Gasteiger partial charge in [-0.05, 0) is 109 Å². The molecule has 3 N–H and O–H groups in total. The van der Waals surface area contributed by atoms with E-state index in [-0.39, 0.29) is 11.8 Å². The smallest absolute Gasteiger partial charge is 0.252 e. The molecule has 11 nitrogen and oxygen atoms in total. The summed E-state index contributed by atoms with van der Waals surface area (Å²) in [5.41, 5.74) is 8.43. The Balaban J connectivity index is 0.000000185. The van der Waals surface area contributed by atoms with Gasteiger partial charge in [0.25, 0.3) is 5.91 Å². The highest BCUT2D eigenvalue weighted by molar-refractivity contribution is 5.99. The lowest BCUT2D eigenvalue weighted by molar-refractivity contribution is -0.120. The lowest BCUT2D eigenvalue weighted by atomic mass is 9.80. The number of carbonyl (C=O) groups excluding carboxylic acids is 3. The minimum absolute atomic E-state index is 0.00292. The van der Waals surface area contributed by atoms with Crippen molar-refractivity contribution >= 4 is 29.5 Å². The Labute approximate surface area is 362 Å². The number of unbranched alkanes of at least 4 members (excludes halogenated alkanes) is 1. The molecule has 4 aliphatic heterocycles. The van der Waals surface area contributed by atoms with Crippen LogP contribution >= 0.6 is 0 Å². The second kappa shape index (κ2) is 22.3. The number of fused-ring (bicyclic) bond motifs is 5. The summed E-state index contributed by atoms with van der Waals surface area (Å²) >= 11 is 0. The summed E-state index contributed by atoms with van der Waals surface area (Å²) in [6.07, 6.45) is 8.22. The van der Waals surface area contributed by atoms with Crippen LogP contribution in [0.3, 0.4) is 0 Å². The van der Waals surface area contributed by atoms with E-state index >= 15 is 0 Å². The highest BCUT2D eigenvalue weighted by Gasteiger charge is 2.36. The molecule has 11 heteroatoms. The summed E-state index contributed by atoms with van der Waals surface area (Å²) in [6.45, 7) is 11.9. The van der Waals surface area contributed by atoms with E-state index in [1.165, 1.54) is 48.2 Å². The van der Waals surface area contributed by atoms with Gasteiger partial charge in [0.05, 0.1) is 18.8 Å². The Morgan fingerprint density at radius 3 is 2.49 bits per heavy atom. The number of carbonyl (C=O) groups is 3. The SMILES string of the molecule is CC.CNC(=O)CCCC=O.COc1cccc(N2CCC(CN3CCN4c5cc6c(cc5OCC4C3)C(=O)NC6)CC2)c1.Oc1ccc2c(c1)CC[C@@H](c1ccccc1)C2. The fraction of sp³-hybridized carbons (Fsp3) is 0.460. The third-order valence-corrected chi connectivity index (χ3v) is 12.4. The summed E-state index contributed by atoms with van der Waals surface area (Å²) in [5, 5.41) is 14.9. The molecule has 0 radical (unpaired) electrons. The topological polar surface area (TPSA) is 124 Å². The van der Waals surface area contributed by atoms with Gasteiger partial charge >= 0.3 is 0 Å². The molecular formula is C50H65N5O6. The minimum Gasteiger partial charge on any atom is -0.508 e. The van der Waals surface area contributed by atoms with Gasteiger partial charge in [-0.2, -0.15) is 0 Å². The maximum absolute atomic E-state index is 12.0. The molecule has 4 aromatic rings. The van der Waals surface area contributed by atoms with Crippen molar-refractivity contribution in [2.24, 2.45) is 5.92 Å². The monoisotopic (exact) mass is 831 g/mol. The summed E-state index contributed by atoms with van der Waals surface area (Å²) in [6, 6.07) is 29.4. The van der Waals surface area contributed by atoms with E-state index in [0.717, 1.165) is 86.1 Å². The van der Waals surface area contributed by atoms with Gasteiger partial charge in [-0.25, -0.2) is 0 Å². The zero-order valence-corrected chi connectivity index (χ0v) is 36.5. The Morgan fingerprint density at radius 2 is 1.74 bits per heavy atom. The lowest BCUT2D eigenvalue weighted by Crippen LogP contribution is -2.58. The fourth-order valence-electron chi connectivity index (χ4n) is 9.08. The predicted molar refractivity (Wildman–Crippen MR) is 243 cm³/mol. The molecule has 2 amide bonds. The van der Waals surface area contributed by atoms with E-state index in [9.17, 15) is 19.5 Å². The van der Waals surface area contributed by atoms with Crippen LogP contribution in [0.1, 0.15) is 90.9 Å². The zero-order chi connectivity index (χ0) is 43.1. The quantitative estimate of drug-likeness (QED) is 0.116. The first-order valence-electron chi connectivity index (χ1n) is 22.3. The molecule has 1 aliphatic carbocycles. The normalized spacial score (nSPS) is 18.9. The molecule has 1 unspecified atom stereocenters. The van der Waals surface area contributed by atoms with Crippen LogP contribution < -0.4 is 29.9 Å². The number of rotatable bonds is 9. The number of anilines is 2.